The predicted octanol–water partition coefficient (Wildman–Crippen LogP) is 3.08. The minimum absolute atomic E-state index is 0.613. The molecule has 3 nitrogen and oxygen atoms in total. The highest BCUT2D eigenvalue weighted by atomic mass is 35.5. The van der Waals surface area contributed by atoms with Crippen LogP contribution < -0.4 is 4.90 Å². The van der Waals surface area contributed by atoms with Crippen molar-refractivity contribution in [2.45, 2.75) is 45.6 Å². The molecule has 1 aromatic heterocycles. The number of halogens is 1. The van der Waals surface area contributed by atoms with Crippen LogP contribution in [-0.4, -0.2) is 28.4 Å². The molecule has 1 aliphatic rings. The van der Waals surface area contributed by atoms with Gasteiger partial charge in [0.15, 0.2) is 0 Å². The Morgan fingerprint density at radius 2 is 2.24 bits per heavy atom. The minimum Gasteiger partial charge on any atom is -0.354 e. The summed E-state index contributed by atoms with van der Waals surface area (Å²) < 4.78 is 0. The summed E-state index contributed by atoms with van der Waals surface area (Å²) in [5.74, 6) is 2.71. The topological polar surface area (TPSA) is 29.0 Å². The Balaban J connectivity index is 2.14. The molecule has 0 amide bonds. The number of alkyl halides is 1. The first kappa shape index (κ1) is 12.6. The van der Waals surface area contributed by atoms with Crippen LogP contribution in [0.2, 0.25) is 0 Å². The molecular weight excluding hydrogens is 234 g/mol. The van der Waals surface area contributed by atoms with Crippen molar-refractivity contribution in [2.24, 2.45) is 0 Å². The Morgan fingerprint density at radius 1 is 1.41 bits per heavy atom. The number of anilines is 1. The lowest BCUT2D eigenvalue weighted by molar-refractivity contribution is 0.597. The molecule has 0 bridgehead atoms. The van der Waals surface area contributed by atoms with Crippen LogP contribution in [0.4, 0.5) is 5.82 Å². The molecular formula is C13H20ClN3. The molecule has 1 aliphatic heterocycles. The van der Waals surface area contributed by atoms with E-state index in [0.717, 1.165) is 36.2 Å². The molecule has 0 aromatic carbocycles. The van der Waals surface area contributed by atoms with E-state index >= 15 is 0 Å². The fourth-order valence-corrected chi connectivity index (χ4v) is 2.75. The molecule has 17 heavy (non-hydrogen) atoms. The molecule has 2 rings (SSSR count). The van der Waals surface area contributed by atoms with Gasteiger partial charge in [0.1, 0.15) is 11.6 Å². The van der Waals surface area contributed by atoms with E-state index in [1.807, 2.05) is 13.8 Å². The summed E-state index contributed by atoms with van der Waals surface area (Å²) in [4.78, 5) is 11.3. The summed E-state index contributed by atoms with van der Waals surface area (Å²) in [5.41, 5.74) is 1.05. The van der Waals surface area contributed by atoms with Crippen LogP contribution in [0.15, 0.2) is 6.07 Å². The normalized spacial score (nSPS) is 19.9. The van der Waals surface area contributed by atoms with Gasteiger partial charge < -0.3 is 4.90 Å². The highest BCUT2D eigenvalue weighted by molar-refractivity contribution is 6.17. The molecule has 1 saturated heterocycles. The summed E-state index contributed by atoms with van der Waals surface area (Å²) in [5, 5.41) is 0. The third kappa shape index (κ3) is 3.09. The summed E-state index contributed by atoms with van der Waals surface area (Å²) in [6, 6.07) is 2.70. The van der Waals surface area contributed by atoms with Gasteiger partial charge >= 0.3 is 0 Å². The van der Waals surface area contributed by atoms with Crippen LogP contribution in [0.25, 0.3) is 0 Å². The zero-order valence-corrected chi connectivity index (χ0v) is 11.4. The first-order valence-electron chi connectivity index (χ1n) is 6.35. The zero-order chi connectivity index (χ0) is 12.3. The third-order valence-electron chi connectivity index (χ3n) is 3.29. The molecule has 0 aliphatic carbocycles. The molecule has 0 N–H and O–H groups in total. The maximum atomic E-state index is 5.78. The Morgan fingerprint density at radius 3 is 2.94 bits per heavy atom. The highest BCUT2D eigenvalue weighted by Crippen LogP contribution is 2.27. The van der Waals surface area contributed by atoms with Crippen molar-refractivity contribution in [3.63, 3.8) is 0 Å². The highest BCUT2D eigenvalue weighted by Gasteiger charge is 2.25. The lowest BCUT2D eigenvalue weighted by Crippen LogP contribution is -2.30. The fourth-order valence-electron chi connectivity index (χ4n) is 2.59. The van der Waals surface area contributed by atoms with E-state index in [-0.39, 0.29) is 0 Å². The van der Waals surface area contributed by atoms with E-state index in [1.54, 1.807) is 0 Å². The number of hydrogen-bond donors (Lipinski definition) is 0. The first-order valence-corrected chi connectivity index (χ1v) is 6.89. The average molecular weight is 254 g/mol. The van der Waals surface area contributed by atoms with E-state index in [4.69, 9.17) is 11.6 Å². The molecule has 4 heteroatoms. The van der Waals surface area contributed by atoms with Crippen molar-refractivity contribution in [1.82, 2.24) is 9.97 Å². The fraction of sp³-hybridized carbons (Fsp3) is 0.692. The summed E-state index contributed by atoms with van der Waals surface area (Å²) >= 11 is 5.78. The molecule has 1 unspecified atom stereocenters. The number of aromatic nitrogens is 2. The van der Waals surface area contributed by atoms with Gasteiger partial charge in [0, 0.05) is 30.2 Å². The van der Waals surface area contributed by atoms with Crippen LogP contribution >= 0.6 is 11.6 Å². The molecule has 1 fully saturated rings. The second-order valence-electron chi connectivity index (χ2n) is 4.74. The van der Waals surface area contributed by atoms with E-state index in [1.165, 1.54) is 19.3 Å². The zero-order valence-electron chi connectivity index (χ0n) is 10.6. The van der Waals surface area contributed by atoms with Crippen LogP contribution in [0.3, 0.4) is 0 Å². The Hall–Kier alpha value is -0.830. The molecule has 1 aromatic rings. The number of rotatable bonds is 4. The molecule has 0 spiro atoms. The van der Waals surface area contributed by atoms with Gasteiger partial charge in [-0.3, -0.25) is 0 Å². The van der Waals surface area contributed by atoms with E-state index < -0.39 is 0 Å². The van der Waals surface area contributed by atoms with Gasteiger partial charge in [-0.25, -0.2) is 9.97 Å². The molecule has 94 valence electrons. The Kier molecular flexibility index (Phi) is 4.21. The lowest BCUT2D eigenvalue weighted by atomic mass is 10.1. The van der Waals surface area contributed by atoms with E-state index in [0.29, 0.717) is 6.04 Å². The Labute approximate surface area is 108 Å². The standard InChI is InChI=1S/C13H20ClN3/c1-10-9-13(16-11(2)15-10)17-8-4-6-12(17)5-3-7-14/h9,12H,3-8H2,1-2H3. The van der Waals surface area contributed by atoms with Crippen molar-refractivity contribution in [1.29, 1.82) is 0 Å². The third-order valence-corrected chi connectivity index (χ3v) is 3.56. The average Bonchev–Trinajstić information content (AvgIpc) is 2.73. The number of nitrogens with zero attached hydrogens (tertiary/aromatic N) is 3. The van der Waals surface area contributed by atoms with Crippen molar-refractivity contribution in [2.75, 3.05) is 17.3 Å². The second kappa shape index (κ2) is 5.67. The number of aryl methyl sites for hydroxylation is 2. The lowest BCUT2D eigenvalue weighted by Gasteiger charge is -2.26. The van der Waals surface area contributed by atoms with Gasteiger partial charge in [0.25, 0.3) is 0 Å². The van der Waals surface area contributed by atoms with Gasteiger partial charge in [-0.2, -0.15) is 0 Å². The smallest absolute Gasteiger partial charge is 0.132 e. The quantitative estimate of drug-likeness (QED) is 0.773. The molecule has 2 heterocycles. The monoisotopic (exact) mass is 253 g/mol. The van der Waals surface area contributed by atoms with Crippen molar-refractivity contribution in [3.8, 4) is 0 Å². The van der Waals surface area contributed by atoms with Gasteiger partial charge in [-0.15, -0.1) is 11.6 Å². The SMILES string of the molecule is Cc1cc(N2CCCC2CCCCl)nc(C)n1. The first-order chi connectivity index (χ1) is 8.20. The predicted molar refractivity (Wildman–Crippen MR) is 71.8 cm³/mol. The van der Waals surface area contributed by atoms with E-state index in [9.17, 15) is 0 Å². The van der Waals surface area contributed by atoms with Crippen molar-refractivity contribution in [3.05, 3.63) is 17.6 Å². The number of hydrogen-bond acceptors (Lipinski definition) is 3. The van der Waals surface area contributed by atoms with Crippen molar-refractivity contribution >= 4 is 17.4 Å². The maximum absolute atomic E-state index is 5.78. The van der Waals surface area contributed by atoms with Gasteiger partial charge in [0.2, 0.25) is 0 Å². The van der Waals surface area contributed by atoms with Gasteiger partial charge in [-0.1, -0.05) is 0 Å². The summed E-state index contributed by atoms with van der Waals surface area (Å²) in [6.45, 7) is 5.10. The van der Waals surface area contributed by atoms with Gasteiger partial charge in [-0.05, 0) is 39.5 Å². The van der Waals surface area contributed by atoms with Crippen LogP contribution in [0.1, 0.15) is 37.2 Å². The molecule has 1 atom stereocenters. The van der Waals surface area contributed by atoms with Crippen molar-refractivity contribution < 1.29 is 0 Å². The van der Waals surface area contributed by atoms with E-state index in [2.05, 4.69) is 20.9 Å². The van der Waals surface area contributed by atoms with Crippen LogP contribution in [0, 0.1) is 13.8 Å². The summed E-state index contributed by atoms with van der Waals surface area (Å²) in [7, 11) is 0. The second-order valence-corrected chi connectivity index (χ2v) is 5.11. The molecule has 0 saturated carbocycles. The Bertz CT molecular complexity index is 361. The minimum atomic E-state index is 0.613. The van der Waals surface area contributed by atoms with Crippen LogP contribution in [-0.2, 0) is 0 Å². The van der Waals surface area contributed by atoms with Gasteiger partial charge in [0.05, 0.1) is 0 Å². The molecule has 0 radical (unpaired) electrons. The van der Waals surface area contributed by atoms with Crippen LogP contribution in [0.5, 0.6) is 0 Å². The maximum Gasteiger partial charge on any atom is 0.132 e. The largest absolute Gasteiger partial charge is 0.354 e. The summed E-state index contributed by atoms with van der Waals surface area (Å²) in [6.07, 6.45) is 4.78.